The van der Waals surface area contributed by atoms with Crippen LogP contribution in [0.2, 0.25) is 10.0 Å². The molecular weight excluding hydrogens is 1640 g/mol. The van der Waals surface area contributed by atoms with Gasteiger partial charge in [0.2, 0.25) is 29.5 Å². The monoisotopic (exact) mass is 1730 g/mol. The largest absolute Gasteiger partial charge is 0.439 e. The standard InChI is InChI=1S/C33H36N6O3.2C31H32ClN7O3/c1-21-11-13-23(14-12-21)19-39-30-26(35-32(39)38-15-16-41-20-28(38)24-8-4-3-5-9-24)18-27(31-36-33(40)42-37-31)34-29(30)25-10-6-7-22(2)17-25;1-19-7-9-20(10-8-19)17-39-28-24(35-30(39)38-11-12-41-18-26(38)21-5-3-2-4-6-21)14-25(29-36-37-31(40)42-29)34-27(28)22-13-23(32)16-33-15-22;1-19-7-9-20(10-8-19)17-39-28-24(35-30(39)38-11-12-41-18-26(38)21-5-3-2-4-6-21)14-25(29-36-31(40)42-37-29)34-27(28)22-13-23(32)16-33-15-22/h3-10,17-18,21,23,28H,11-16,19-20H2,1-2H3,(H,36,37,40);2-6,13-16,19-20,26H,7-12,17-18H2,1H3,(H,37,40);2-6,13-16,19-20,26H,7-12,17-18H2,1H3,(H,36,37,40)/t21?,23?,28-;2*19?,20?,26-/m000/s1. The number of hydrogen-bond donors (Lipinski definition) is 3. The molecule has 0 spiro atoms. The minimum atomic E-state index is -0.644. The van der Waals surface area contributed by atoms with Gasteiger partial charge in [-0.2, -0.15) is 0 Å². The molecule has 3 N–H and O–H groups in total. The molecule has 3 saturated carbocycles. The highest BCUT2D eigenvalue weighted by atomic mass is 35.5. The molecule has 0 bridgehead atoms. The Bertz CT molecular complexity index is 5880. The van der Waals surface area contributed by atoms with Crippen LogP contribution in [0.15, 0.2) is 198 Å². The van der Waals surface area contributed by atoms with E-state index in [1.807, 2.05) is 48.5 Å². The molecule has 6 aliphatic rings. The van der Waals surface area contributed by atoms with E-state index < -0.39 is 17.3 Å². The molecule has 3 atom stereocenters. The highest BCUT2D eigenvalue weighted by Crippen LogP contribution is 2.45. The van der Waals surface area contributed by atoms with Gasteiger partial charge in [0.15, 0.2) is 0 Å². The molecule has 31 heteroatoms. The van der Waals surface area contributed by atoms with Gasteiger partial charge in [-0.05, 0) is 134 Å². The number of morpholine rings is 3. The summed E-state index contributed by atoms with van der Waals surface area (Å²) in [6, 6.07) is 49.2. The average Bonchev–Trinajstić information content (AvgIpc) is 1.60. The van der Waals surface area contributed by atoms with Crippen LogP contribution >= 0.6 is 23.2 Å². The first-order valence-electron chi connectivity index (χ1n) is 44.0. The topological polar surface area (TPSA) is 332 Å². The third-order valence-corrected chi connectivity index (χ3v) is 26.2. The van der Waals surface area contributed by atoms with E-state index in [0.717, 1.165) is 123 Å². The first kappa shape index (κ1) is 83.3. The van der Waals surface area contributed by atoms with Gasteiger partial charge >= 0.3 is 17.3 Å². The normalized spacial score (nSPS) is 21.2. The van der Waals surface area contributed by atoms with E-state index in [1.165, 1.54) is 93.7 Å². The van der Waals surface area contributed by atoms with Gasteiger partial charge in [-0.3, -0.25) is 29.0 Å². The SMILES string of the molecule is CC1CCC(Cn2c(N3CCOC[C@H]3c3ccccc3)nc3cc(-c4n[nH]c(=O)o4)nc(-c4cncc(Cl)c4)c32)CC1.CC1CCC(Cn2c(N3CCOC[C@H]3c3ccccc3)nc3cc(-c4noc(=O)[nH]4)nc(-c4cncc(Cl)c4)c32)CC1.Cc1cccc(-c2nc(-c3noc(=O)[nH]3)cc3nc(N4CCOC[C@H]4c4ccccc4)n(CC4CCC(C)CC4)c23)c1. The maximum atomic E-state index is 11.9. The molecule has 3 aliphatic heterocycles. The van der Waals surface area contributed by atoms with Crippen molar-refractivity contribution < 1.29 is 27.7 Å². The summed E-state index contributed by atoms with van der Waals surface area (Å²) in [7, 11) is 0. The highest BCUT2D eigenvalue weighted by Gasteiger charge is 2.38. The number of nitrogens with zero attached hydrogens (tertiary/aromatic N) is 17. The number of rotatable bonds is 18. The molecule has 6 fully saturated rings. The fourth-order valence-corrected chi connectivity index (χ4v) is 19.5. The molecule has 3 saturated heterocycles. The second-order valence-electron chi connectivity index (χ2n) is 34.7. The smallest absolute Gasteiger partial charge is 0.386 e. The molecule has 14 heterocycles. The van der Waals surface area contributed by atoms with Gasteiger partial charge in [-0.15, -0.1) is 5.10 Å². The number of aromatic amines is 3. The summed E-state index contributed by atoms with van der Waals surface area (Å²) in [6.07, 6.45) is 21.2. The van der Waals surface area contributed by atoms with Gasteiger partial charge in [0, 0.05) is 80.7 Å². The van der Waals surface area contributed by atoms with Crippen LogP contribution in [0.5, 0.6) is 0 Å². The summed E-state index contributed by atoms with van der Waals surface area (Å²) in [6.45, 7) is 17.4. The van der Waals surface area contributed by atoms with Gasteiger partial charge in [0.1, 0.15) is 17.1 Å². The third kappa shape index (κ3) is 18.0. The van der Waals surface area contributed by atoms with Crippen LogP contribution in [0.3, 0.4) is 0 Å². The Hall–Kier alpha value is -12.3. The molecule has 648 valence electrons. The Morgan fingerprint density at radius 3 is 1.13 bits per heavy atom. The second-order valence-corrected chi connectivity index (χ2v) is 35.5. The van der Waals surface area contributed by atoms with E-state index in [2.05, 4.69) is 194 Å². The minimum absolute atomic E-state index is 0.00923. The number of H-pyrrole nitrogens is 3. The number of pyridine rings is 5. The molecule has 15 aromatic rings. The summed E-state index contributed by atoms with van der Waals surface area (Å²) in [5.74, 6) is 5.30. The summed E-state index contributed by atoms with van der Waals surface area (Å²) in [4.78, 5) is 87.6. The molecule has 0 amide bonds. The lowest BCUT2D eigenvalue weighted by Crippen LogP contribution is -2.41. The Morgan fingerprint density at radius 2 is 0.778 bits per heavy atom. The molecule has 29 nitrogen and oxygen atoms in total. The lowest BCUT2D eigenvalue weighted by Gasteiger charge is -2.37. The van der Waals surface area contributed by atoms with Crippen LogP contribution < -0.4 is 32.0 Å². The van der Waals surface area contributed by atoms with Crippen molar-refractivity contribution in [3.63, 3.8) is 0 Å². The average molecular weight is 1740 g/mol. The van der Waals surface area contributed by atoms with E-state index >= 15 is 0 Å². The van der Waals surface area contributed by atoms with E-state index in [0.29, 0.717) is 115 Å². The van der Waals surface area contributed by atoms with Crippen LogP contribution in [-0.2, 0) is 33.8 Å². The fourth-order valence-electron chi connectivity index (χ4n) is 19.2. The maximum absolute atomic E-state index is 11.9. The zero-order valence-corrected chi connectivity index (χ0v) is 72.4. The van der Waals surface area contributed by atoms with Crippen molar-refractivity contribution >= 4 is 74.1 Å². The lowest BCUT2D eigenvalue weighted by atomic mass is 9.83. The van der Waals surface area contributed by atoms with E-state index in [4.69, 9.17) is 80.8 Å². The van der Waals surface area contributed by atoms with Crippen molar-refractivity contribution in [3.8, 4) is 68.4 Å². The van der Waals surface area contributed by atoms with Crippen molar-refractivity contribution in [1.29, 1.82) is 0 Å². The van der Waals surface area contributed by atoms with Crippen molar-refractivity contribution in [2.45, 2.75) is 143 Å². The Morgan fingerprint density at radius 1 is 0.405 bits per heavy atom. The first-order chi connectivity index (χ1) is 61.6. The quantitative estimate of drug-likeness (QED) is 0.0718. The molecule has 21 rings (SSSR count). The zero-order valence-electron chi connectivity index (χ0n) is 70.9. The fraction of sp³-hybridized carbons (Fsp3) is 0.389. The number of halogens is 2. The number of anilines is 3. The molecule has 126 heavy (non-hydrogen) atoms. The van der Waals surface area contributed by atoms with Gasteiger partial charge in [0.25, 0.3) is 5.89 Å². The number of nitrogens with one attached hydrogen (secondary N) is 3. The van der Waals surface area contributed by atoms with Crippen molar-refractivity contribution in [2.24, 2.45) is 35.5 Å². The summed E-state index contributed by atoms with van der Waals surface area (Å²) in [5.41, 5.74) is 15.9. The van der Waals surface area contributed by atoms with Crippen LogP contribution in [0.4, 0.5) is 17.8 Å². The van der Waals surface area contributed by atoms with Crippen LogP contribution in [0, 0.1) is 42.4 Å². The number of aryl methyl sites for hydroxylation is 1. The highest BCUT2D eigenvalue weighted by molar-refractivity contribution is 6.31. The van der Waals surface area contributed by atoms with E-state index in [1.54, 1.807) is 24.8 Å². The number of benzene rings is 4. The maximum Gasteiger partial charge on any atom is 0.439 e. The number of hydrogen-bond acceptors (Lipinski definition) is 23. The predicted molar refractivity (Wildman–Crippen MR) is 483 cm³/mol. The van der Waals surface area contributed by atoms with Gasteiger partial charge in [-0.25, -0.2) is 49.4 Å². The molecule has 4 aromatic carbocycles. The predicted octanol–water partition coefficient (Wildman–Crippen LogP) is 17.9. The number of ether oxygens (including phenoxy) is 3. The summed E-state index contributed by atoms with van der Waals surface area (Å²) in [5, 5.41) is 15.3. The third-order valence-electron chi connectivity index (χ3n) is 25.8. The summed E-state index contributed by atoms with van der Waals surface area (Å²) < 4.78 is 40.0. The zero-order chi connectivity index (χ0) is 85.9. The molecule has 3 aliphatic carbocycles. The second kappa shape index (κ2) is 37.1. The van der Waals surface area contributed by atoms with Gasteiger partial charge in [0.05, 0.1) is 118 Å². The number of imidazole rings is 3. The Balaban J connectivity index is 0.000000123. The lowest BCUT2D eigenvalue weighted by molar-refractivity contribution is 0.0927. The molecule has 0 radical (unpaired) electrons. The summed E-state index contributed by atoms with van der Waals surface area (Å²) >= 11 is 12.8. The molecule has 0 unspecified atom stereocenters. The van der Waals surface area contributed by atoms with Crippen LogP contribution in [-0.4, -0.2) is 143 Å². The first-order valence-corrected chi connectivity index (χ1v) is 44.7. The molecule has 11 aromatic heterocycles. The van der Waals surface area contributed by atoms with E-state index in [-0.39, 0.29) is 29.8 Å². The number of aromatic nitrogens is 17. The van der Waals surface area contributed by atoms with E-state index in [9.17, 15) is 14.4 Å². The number of fused-ring (bicyclic) bond motifs is 3. The van der Waals surface area contributed by atoms with Crippen LogP contribution in [0.1, 0.15) is 138 Å². The van der Waals surface area contributed by atoms with Gasteiger partial charge in [-0.1, -0.05) is 208 Å². The Kier molecular flexibility index (Phi) is 24.5. The van der Waals surface area contributed by atoms with Crippen molar-refractivity contribution in [1.82, 2.24) is 84.1 Å². The van der Waals surface area contributed by atoms with Gasteiger partial charge < -0.3 is 47.0 Å². The minimum Gasteiger partial charge on any atom is -0.386 e. The van der Waals surface area contributed by atoms with Crippen LogP contribution in [0.25, 0.3) is 101 Å². The Labute approximate surface area is 736 Å². The van der Waals surface area contributed by atoms with Crippen molar-refractivity contribution in [3.05, 3.63) is 234 Å². The van der Waals surface area contributed by atoms with Crippen molar-refractivity contribution in [2.75, 3.05) is 74.0 Å². The molecular formula is C95H100Cl2N20O9.